The van der Waals surface area contributed by atoms with Crippen molar-refractivity contribution in [2.45, 2.75) is 19.4 Å². The van der Waals surface area contributed by atoms with Gasteiger partial charge < -0.3 is 19.6 Å². The number of hydrogen-bond donors (Lipinski definition) is 1. The molecule has 1 amide bonds. The first-order valence-electron chi connectivity index (χ1n) is 7.58. The Morgan fingerprint density at radius 1 is 1.14 bits per heavy atom. The van der Waals surface area contributed by atoms with E-state index >= 15 is 0 Å². The van der Waals surface area contributed by atoms with E-state index in [-0.39, 0.29) is 12.7 Å². The van der Waals surface area contributed by atoms with Crippen LogP contribution >= 0.6 is 0 Å². The topological polar surface area (TPSA) is 53.0 Å². The molecule has 2 rings (SSSR count). The van der Waals surface area contributed by atoms with Crippen LogP contribution in [0.1, 0.15) is 18.4 Å². The Kier molecular flexibility index (Phi) is 6.50. The SMILES string of the molecule is O=C(OCc1ccccc1)N1CCCN(CCCO)CC1. The summed E-state index contributed by atoms with van der Waals surface area (Å²) in [6, 6.07) is 9.72. The van der Waals surface area contributed by atoms with Crippen LogP contribution in [0.3, 0.4) is 0 Å². The Morgan fingerprint density at radius 2 is 1.95 bits per heavy atom. The molecule has 0 atom stereocenters. The van der Waals surface area contributed by atoms with E-state index in [2.05, 4.69) is 4.90 Å². The van der Waals surface area contributed by atoms with Gasteiger partial charge >= 0.3 is 6.09 Å². The van der Waals surface area contributed by atoms with Gasteiger partial charge in [0.15, 0.2) is 0 Å². The minimum atomic E-state index is -0.233. The first kappa shape index (κ1) is 15.8. The lowest BCUT2D eigenvalue weighted by Crippen LogP contribution is -2.35. The highest BCUT2D eigenvalue weighted by Gasteiger charge is 2.19. The molecule has 1 fully saturated rings. The molecule has 0 unspecified atom stereocenters. The maximum absolute atomic E-state index is 12.1. The van der Waals surface area contributed by atoms with Crippen LogP contribution in [0.5, 0.6) is 0 Å². The predicted molar refractivity (Wildman–Crippen MR) is 81.0 cm³/mol. The number of rotatable bonds is 5. The Labute approximate surface area is 126 Å². The zero-order valence-corrected chi connectivity index (χ0v) is 12.4. The monoisotopic (exact) mass is 292 g/mol. The fraction of sp³-hybridized carbons (Fsp3) is 0.562. The lowest BCUT2D eigenvalue weighted by atomic mass is 10.2. The molecule has 0 bridgehead atoms. The summed E-state index contributed by atoms with van der Waals surface area (Å²) in [5, 5.41) is 8.87. The quantitative estimate of drug-likeness (QED) is 0.897. The standard InChI is InChI=1S/C16H24N2O3/c19-13-5-9-17-8-4-10-18(12-11-17)16(20)21-14-15-6-2-1-3-7-15/h1-3,6-7,19H,4-5,8-14H2. The number of amides is 1. The number of hydrogen-bond acceptors (Lipinski definition) is 4. The second-order valence-corrected chi connectivity index (χ2v) is 5.30. The maximum Gasteiger partial charge on any atom is 0.410 e. The van der Waals surface area contributed by atoms with Gasteiger partial charge in [0.1, 0.15) is 6.61 Å². The summed E-state index contributed by atoms with van der Waals surface area (Å²) in [6.07, 6.45) is 1.51. The third kappa shape index (κ3) is 5.36. The van der Waals surface area contributed by atoms with Gasteiger partial charge in [0, 0.05) is 32.8 Å². The van der Waals surface area contributed by atoms with Gasteiger partial charge in [-0.25, -0.2) is 4.79 Å². The highest BCUT2D eigenvalue weighted by atomic mass is 16.6. The molecule has 5 heteroatoms. The first-order valence-corrected chi connectivity index (χ1v) is 7.58. The number of aliphatic hydroxyl groups excluding tert-OH is 1. The van der Waals surface area contributed by atoms with Gasteiger partial charge in [-0.1, -0.05) is 30.3 Å². The highest BCUT2D eigenvalue weighted by Crippen LogP contribution is 2.07. The Hall–Kier alpha value is -1.59. The van der Waals surface area contributed by atoms with Crippen LogP contribution in [0.2, 0.25) is 0 Å². The maximum atomic E-state index is 12.1. The zero-order chi connectivity index (χ0) is 14.9. The molecule has 0 spiro atoms. The van der Waals surface area contributed by atoms with Crippen LogP contribution in [-0.4, -0.2) is 60.3 Å². The van der Waals surface area contributed by atoms with Crippen molar-refractivity contribution >= 4 is 6.09 Å². The summed E-state index contributed by atoms with van der Waals surface area (Å²) in [5.41, 5.74) is 1.00. The molecule has 1 aliphatic rings. The molecule has 1 aromatic carbocycles. The average molecular weight is 292 g/mol. The summed E-state index contributed by atoms with van der Waals surface area (Å²) >= 11 is 0. The van der Waals surface area contributed by atoms with Crippen LogP contribution in [0, 0.1) is 0 Å². The molecule has 1 aliphatic heterocycles. The van der Waals surface area contributed by atoms with Gasteiger partial charge in [-0.05, 0) is 24.9 Å². The predicted octanol–water partition coefficient (Wildman–Crippen LogP) is 1.71. The van der Waals surface area contributed by atoms with Gasteiger partial charge in [-0.15, -0.1) is 0 Å². The third-order valence-electron chi connectivity index (χ3n) is 3.68. The second-order valence-electron chi connectivity index (χ2n) is 5.30. The number of carbonyl (C=O) groups excluding carboxylic acids is 1. The van der Waals surface area contributed by atoms with Crippen molar-refractivity contribution < 1.29 is 14.6 Å². The fourth-order valence-corrected chi connectivity index (χ4v) is 2.48. The minimum absolute atomic E-state index is 0.222. The Morgan fingerprint density at radius 3 is 2.71 bits per heavy atom. The third-order valence-corrected chi connectivity index (χ3v) is 3.68. The number of aliphatic hydroxyl groups is 1. The molecule has 0 aromatic heterocycles. The van der Waals surface area contributed by atoms with E-state index in [1.54, 1.807) is 4.90 Å². The largest absolute Gasteiger partial charge is 0.445 e. The lowest BCUT2D eigenvalue weighted by molar-refractivity contribution is 0.0971. The minimum Gasteiger partial charge on any atom is -0.445 e. The Balaban J connectivity index is 1.75. The molecule has 0 radical (unpaired) electrons. The van der Waals surface area contributed by atoms with E-state index in [9.17, 15) is 4.79 Å². The lowest BCUT2D eigenvalue weighted by Gasteiger charge is -2.21. The summed E-state index contributed by atoms with van der Waals surface area (Å²) in [6.45, 7) is 4.69. The molecule has 5 nitrogen and oxygen atoms in total. The van der Waals surface area contributed by atoms with Crippen molar-refractivity contribution in [1.82, 2.24) is 9.80 Å². The average Bonchev–Trinajstić information content (AvgIpc) is 2.77. The summed E-state index contributed by atoms with van der Waals surface area (Å²) < 4.78 is 5.37. The van der Waals surface area contributed by atoms with E-state index in [1.165, 1.54) is 0 Å². The van der Waals surface area contributed by atoms with Crippen LogP contribution in [0.15, 0.2) is 30.3 Å². The Bertz CT molecular complexity index is 425. The normalized spacial score (nSPS) is 16.5. The number of benzene rings is 1. The molecular formula is C16H24N2O3. The van der Waals surface area contributed by atoms with Crippen molar-refractivity contribution in [2.24, 2.45) is 0 Å². The molecule has 21 heavy (non-hydrogen) atoms. The van der Waals surface area contributed by atoms with Crippen LogP contribution < -0.4 is 0 Å². The fourth-order valence-electron chi connectivity index (χ4n) is 2.48. The molecular weight excluding hydrogens is 268 g/mol. The summed E-state index contributed by atoms with van der Waals surface area (Å²) in [4.78, 5) is 16.2. The van der Waals surface area contributed by atoms with E-state index in [0.717, 1.165) is 44.6 Å². The molecule has 1 aromatic rings. The van der Waals surface area contributed by atoms with Gasteiger partial charge in [0.2, 0.25) is 0 Å². The van der Waals surface area contributed by atoms with Gasteiger partial charge in [0.25, 0.3) is 0 Å². The number of carbonyl (C=O) groups is 1. The van der Waals surface area contributed by atoms with E-state index in [0.29, 0.717) is 13.2 Å². The van der Waals surface area contributed by atoms with Crippen LogP contribution in [-0.2, 0) is 11.3 Å². The number of nitrogens with zero attached hydrogens (tertiary/aromatic N) is 2. The molecule has 1 N–H and O–H groups in total. The second kappa shape index (κ2) is 8.64. The summed E-state index contributed by atoms with van der Waals surface area (Å²) in [5.74, 6) is 0. The van der Waals surface area contributed by atoms with E-state index < -0.39 is 0 Å². The van der Waals surface area contributed by atoms with Crippen LogP contribution in [0.4, 0.5) is 4.79 Å². The molecule has 116 valence electrons. The van der Waals surface area contributed by atoms with E-state index in [4.69, 9.17) is 9.84 Å². The van der Waals surface area contributed by atoms with Gasteiger partial charge in [0.05, 0.1) is 0 Å². The molecule has 1 heterocycles. The highest BCUT2D eigenvalue weighted by molar-refractivity contribution is 5.67. The first-order chi connectivity index (χ1) is 10.3. The summed E-state index contributed by atoms with van der Waals surface area (Å²) in [7, 11) is 0. The molecule has 0 saturated carbocycles. The van der Waals surface area contributed by atoms with Crippen molar-refractivity contribution in [1.29, 1.82) is 0 Å². The molecule has 1 saturated heterocycles. The van der Waals surface area contributed by atoms with Gasteiger partial charge in [-0.2, -0.15) is 0 Å². The van der Waals surface area contributed by atoms with Gasteiger partial charge in [-0.3, -0.25) is 0 Å². The zero-order valence-electron chi connectivity index (χ0n) is 12.4. The van der Waals surface area contributed by atoms with E-state index in [1.807, 2.05) is 30.3 Å². The molecule has 0 aliphatic carbocycles. The van der Waals surface area contributed by atoms with Crippen molar-refractivity contribution in [2.75, 3.05) is 39.3 Å². The van der Waals surface area contributed by atoms with Crippen molar-refractivity contribution in [3.05, 3.63) is 35.9 Å². The van der Waals surface area contributed by atoms with Crippen molar-refractivity contribution in [3.63, 3.8) is 0 Å². The van der Waals surface area contributed by atoms with Crippen molar-refractivity contribution in [3.8, 4) is 0 Å². The number of ether oxygens (including phenoxy) is 1. The smallest absolute Gasteiger partial charge is 0.410 e. The van der Waals surface area contributed by atoms with Crippen LogP contribution in [0.25, 0.3) is 0 Å².